The van der Waals surface area contributed by atoms with Crippen LogP contribution in [0, 0.1) is 0 Å². The van der Waals surface area contributed by atoms with Crippen LogP contribution in [-0.2, 0) is 6.54 Å². The van der Waals surface area contributed by atoms with E-state index in [0.717, 1.165) is 31.6 Å². The zero-order valence-corrected chi connectivity index (χ0v) is 10.5. The van der Waals surface area contributed by atoms with E-state index in [1.165, 1.54) is 0 Å². The van der Waals surface area contributed by atoms with Gasteiger partial charge in [0.1, 0.15) is 5.82 Å². The fraction of sp³-hybridized carbons (Fsp3) is 0.500. The summed E-state index contributed by atoms with van der Waals surface area (Å²) in [4.78, 5) is 20.0. The largest absolute Gasteiger partial charge is 0.349 e. The zero-order valence-electron chi connectivity index (χ0n) is 10.5. The van der Waals surface area contributed by atoms with Gasteiger partial charge in [-0.25, -0.2) is 9.97 Å². The minimum atomic E-state index is -0.214. The second-order valence-electron chi connectivity index (χ2n) is 4.73. The summed E-state index contributed by atoms with van der Waals surface area (Å²) in [6, 6.07) is 0. The number of imidazole rings is 1. The number of aryl methyl sites for hydroxylation is 1. The van der Waals surface area contributed by atoms with E-state index >= 15 is 0 Å². The number of carbonyl (C=O) groups is 1. The Morgan fingerprint density at radius 2 is 2.42 bits per heavy atom. The Morgan fingerprint density at radius 1 is 1.53 bits per heavy atom. The number of amides is 1. The Bertz CT molecular complexity index is 542. The highest BCUT2D eigenvalue weighted by Gasteiger charge is 2.28. The monoisotopic (exact) mass is 260 g/mol. The van der Waals surface area contributed by atoms with Crippen LogP contribution in [0.25, 0.3) is 0 Å². The van der Waals surface area contributed by atoms with Crippen molar-refractivity contribution in [2.24, 2.45) is 0 Å². The van der Waals surface area contributed by atoms with Gasteiger partial charge >= 0.3 is 0 Å². The molecule has 0 unspecified atom stereocenters. The molecule has 1 aliphatic rings. The Balaban J connectivity index is 1.42. The predicted octanol–water partition coefficient (Wildman–Crippen LogP) is 0.699. The number of H-pyrrole nitrogens is 1. The van der Waals surface area contributed by atoms with Crippen molar-refractivity contribution in [2.45, 2.75) is 31.7 Å². The molecule has 2 N–H and O–H groups in total. The molecule has 0 radical (unpaired) electrons. The molecule has 3 rings (SSSR count). The topological polar surface area (TPSA) is 88.5 Å². The number of rotatable bonds is 6. The molecule has 7 nitrogen and oxygen atoms in total. The second kappa shape index (κ2) is 5.21. The Hall–Kier alpha value is -2.18. The zero-order chi connectivity index (χ0) is 13.1. The summed E-state index contributed by atoms with van der Waals surface area (Å²) < 4.78 is 1.98. The Kier molecular flexibility index (Phi) is 3.26. The van der Waals surface area contributed by atoms with E-state index in [-0.39, 0.29) is 11.7 Å². The number of nitrogens with one attached hydrogen (secondary N) is 2. The maximum absolute atomic E-state index is 11.8. The first kappa shape index (κ1) is 11.9. The lowest BCUT2D eigenvalue weighted by Gasteiger charge is -2.03. The van der Waals surface area contributed by atoms with Gasteiger partial charge in [-0.05, 0) is 19.3 Å². The number of hydrogen-bond acceptors (Lipinski definition) is 4. The van der Waals surface area contributed by atoms with Gasteiger partial charge in [0.25, 0.3) is 5.91 Å². The van der Waals surface area contributed by atoms with Gasteiger partial charge in [0, 0.05) is 31.4 Å². The highest BCUT2D eigenvalue weighted by Crippen LogP contribution is 2.37. The normalized spacial score (nSPS) is 14.5. The quantitative estimate of drug-likeness (QED) is 0.748. The summed E-state index contributed by atoms with van der Waals surface area (Å²) in [7, 11) is 0. The molecular formula is C12H16N6O. The molecule has 2 aromatic heterocycles. The molecule has 0 bridgehead atoms. The second-order valence-corrected chi connectivity index (χ2v) is 4.73. The first-order valence-corrected chi connectivity index (χ1v) is 6.49. The first-order valence-electron chi connectivity index (χ1n) is 6.49. The van der Waals surface area contributed by atoms with Crippen LogP contribution in [0.3, 0.4) is 0 Å². The predicted molar refractivity (Wildman–Crippen MR) is 67.5 cm³/mol. The van der Waals surface area contributed by atoms with E-state index in [1.54, 1.807) is 12.5 Å². The number of aromatic nitrogens is 5. The molecule has 0 spiro atoms. The summed E-state index contributed by atoms with van der Waals surface area (Å²) in [5.74, 6) is 1.34. The highest BCUT2D eigenvalue weighted by atomic mass is 16.2. The molecule has 0 saturated heterocycles. The third kappa shape index (κ3) is 2.98. The van der Waals surface area contributed by atoms with E-state index in [2.05, 4.69) is 25.5 Å². The Labute approximate surface area is 110 Å². The van der Waals surface area contributed by atoms with E-state index in [1.807, 2.05) is 10.8 Å². The van der Waals surface area contributed by atoms with Crippen molar-refractivity contribution < 1.29 is 4.79 Å². The molecule has 7 heteroatoms. The number of hydrogen-bond donors (Lipinski definition) is 2. The van der Waals surface area contributed by atoms with Crippen molar-refractivity contribution in [3.05, 3.63) is 30.4 Å². The van der Waals surface area contributed by atoms with Gasteiger partial charge < -0.3 is 9.88 Å². The highest BCUT2D eigenvalue weighted by molar-refractivity contribution is 5.90. The van der Waals surface area contributed by atoms with Crippen LogP contribution in [0.2, 0.25) is 0 Å². The van der Waals surface area contributed by atoms with Crippen LogP contribution < -0.4 is 5.32 Å². The van der Waals surface area contributed by atoms with Crippen molar-refractivity contribution in [2.75, 3.05) is 6.54 Å². The number of aromatic amines is 1. The lowest BCUT2D eigenvalue weighted by atomic mass is 10.4. The lowest BCUT2D eigenvalue weighted by Crippen LogP contribution is -2.26. The van der Waals surface area contributed by atoms with Gasteiger partial charge in [-0.2, -0.15) is 0 Å². The van der Waals surface area contributed by atoms with Gasteiger partial charge in [-0.15, -0.1) is 5.10 Å². The number of nitrogens with zero attached hydrogens (tertiary/aromatic N) is 4. The summed E-state index contributed by atoms with van der Waals surface area (Å²) in [5.41, 5.74) is 0. The van der Waals surface area contributed by atoms with Crippen molar-refractivity contribution in [3.8, 4) is 0 Å². The summed E-state index contributed by atoms with van der Waals surface area (Å²) in [6.45, 7) is 1.44. The molecule has 0 aliphatic heterocycles. The van der Waals surface area contributed by atoms with E-state index in [0.29, 0.717) is 12.5 Å². The van der Waals surface area contributed by atoms with Crippen LogP contribution in [0.4, 0.5) is 0 Å². The van der Waals surface area contributed by atoms with Gasteiger partial charge in [0.15, 0.2) is 0 Å². The summed E-state index contributed by atoms with van der Waals surface area (Å²) in [6.07, 6.45) is 8.54. The van der Waals surface area contributed by atoms with Crippen LogP contribution in [0.1, 0.15) is 41.6 Å². The first-order chi connectivity index (χ1) is 9.33. The number of carbonyl (C=O) groups excluding carboxylic acids is 1. The maximum Gasteiger partial charge on any atom is 0.290 e. The smallest absolute Gasteiger partial charge is 0.290 e. The standard InChI is InChI=1S/C12H16N6O/c19-12(11-15-10(16-17-11)9-2-3-9)14-4-1-6-18-7-5-13-8-18/h5,7-9H,1-4,6H2,(H,14,19)(H,15,16,17). The fourth-order valence-electron chi connectivity index (χ4n) is 1.88. The summed E-state index contributed by atoms with van der Waals surface area (Å²) in [5, 5.41) is 9.59. The van der Waals surface area contributed by atoms with E-state index in [4.69, 9.17) is 0 Å². The minimum absolute atomic E-state index is 0.214. The molecule has 0 atom stereocenters. The molecule has 100 valence electrons. The lowest BCUT2D eigenvalue weighted by molar-refractivity contribution is 0.0942. The minimum Gasteiger partial charge on any atom is -0.349 e. The maximum atomic E-state index is 11.8. The molecular weight excluding hydrogens is 244 g/mol. The molecule has 1 saturated carbocycles. The van der Waals surface area contributed by atoms with Crippen LogP contribution in [0.5, 0.6) is 0 Å². The van der Waals surface area contributed by atoms with E-state index < -0.39 is 0 Å². The van der Waals surface area contributed by atoms with E-state index in [9.17, 15) is 4.79 Å². The molecule has 1 fully saturated rings. The third-order valence-electron chi connectivity index (χ3n) is 3.11. The van der Waals surface area contributed by atoms with Gasteiger partial charge in [-0.1, -0.05) is 0 Å². The molecule has 0 aromatic carbocycles. The van der Waals surface area contributed by atoms with Crippen LogP contribution in [-0.4, -0.2) is 37.2 Å². The van der Waals surface area contributed by atoms with Crippen LogP contribution in [0.15, 0.2) is 18.7 Å². The molecule has 2 aromatic rings. The average Bonchev–Trinajstić information content (AvgIpc) is 2.95. The summed E-state index contributed by atoms with van der Waals surface area (Å²) >= 11 is 0. The van der Waals surface area contributed by atoms with Gasteiger partial charge in [0.05, 0.1) is 6.33 Å². The molecule has 1 amide bonds. The molecule has 19 heavy (non-hydrogen) atoms. The fourth-order valence-corrected chi connectivity index (χ4v) is 1.88. The van der Waals surface area contributed by atoms with Crippen molar-refractivity contribution in [3.63, 3.8) is 0 Å². The Morgan fingerprint density at radius 3 is 3.16 bits per heavy atom. The van der Waals surface area contributed by atoms with Crippen molar-refractivity contribution in [1.29, 1.82) is 0 Å². The van der Waals surface area contributed by atoms with Gasteiger partial charge in [0.2, 0.25) is 5.82 Å². The SMILES string of the molecule is O=C(NCCCn1ccnc1)c1n[nH]c(C2CC2)n1. The van der Waals surface area contributed by atoms with Gasteiger partial charge in [-0.3, -0.25) is 9.89 Å². The van der Waals surface area contributed by atoms with Crippen LogP contribution >= 0.6 is 0 Å². The molecule has 2 heterocycles. The van der Waals surface area contributed by atoms with Crippen molar-refractivity contribution in [1.82, 2.24) is 30.0 Å². The third-order valence-corrected chi connectivity index (χ3v) is 3.11. The van der Waals surface area contributed by atoms with Crippen molar-refractivity contribution >= 4 is 5.91 Å². The molecule has 1 aliphatic carbocycles. The average molecular weight is 260 g/mol.